The van der Waals surface area contributed by atoms with Crippen molar-refractivity contribution in [2.75, 3.05) is 6.79 Å². The van der Waals surface area contributed by atoms with E-state index in [0.717, 1.165) is 22.3 Å². The minimum absolute atomic E-state index is 0.147. The first-order valence-corrected chi connectivity index (χ1v) is 6.85. The van der Waals surface area contributed by atoms with E-state index < -0.39 is 0 Å². The molecule has 0 unspecified atom stereocenters. The summed E-state index contributed by atoms with van der Waals surface area (Å²) in [7, 11) is 0. The third-order valence-corrected chi connectivity index (χ3v) is 3.51. The molecule has 0 N–H and O–H groups in total. The number of carbonyl (C=O) groups is 1. The maximum atomic E-state index is 12.3. The zero-order chi connectivity index (χ0) is 14.9. The Morgan fingerprint density at radius 1 is 1.14 bits per heavy atom. The number of aromatic nitrogens is 2. The third-order valence-electron chi connectivity index (χ3n) is 3.51. The van der Waals surface area contributed by atoms with E-state index in [1.165, 1.54) is 17.0 Å². The quantitative estimate of drug-likeness (QED) is 0.681. The summed E-state index contributed by atoms with van der Waals surface area (Å²) in [5, 5.41) is 0. The standard InChI is InChI=1S/C17H12N2O3/c20-17(19-10-18-13-3-1-2-4-14(13)19)8-6-12-5-7-15-16(9-12)22-11-21-15/h1-10H,11H2/b8-6+. The van der Waals surface area contributed by atoms with Gasteiger partial charge in [-0.1, -0.05) is 18.2 Å². The number of fused-ring (bicyclic) bond motifs is 2. The van der Waals surface area contributed by atoms with Crippen molar-refractivity contribution in [2.24, 2.45) is 0 Å². The van der Waals surface area contributed by atoms with Crippen molar-refractivity contribution >= 4 is 23.0 Å². The summed E-state index contributed by atoms with van der Waals surface area (Å²) in [4.78, 5) is 16.5. The van der Waals surface area contributed by atoms with Gasteiger partial charge in [0.25, 0.3) is 5.91 Å². The van der Waals surface area contributed by atoms with Crippen molar-refractivity contribution in [3.63, 3.8) is 0 Å². The van der Waals surface area contributed by atoms with Gasteiger partial charge in [-0.15, -0.1) is 0 Å². The zero-order valence-electron chi connectivity index (χ0n) is 11.6. The summed E-state index contributed by atoms with van der Waals surface area (Å²) in [5.41, 5.74) is 2.47. The highest BCUT2D eigenvalue weighted by molar-refractivity contribution is 5.99. The second kappa shape index (κ2) is 5.04. The van der Waals surface area contributed by atoms with Crippen molar-refractivity contribution in [2.45, 2.75) is 0 Å². The van der Waals surface area contributed by atoms with Crippen molar-refractivity contribution in [1.82, 2.24) is 9.55 Å². The van der Waals surface area contributed by atoms with Crippen molar-refractivity contribution in [3.05, 3.63) is 60.4 Å². The summed E-state index contributed by atoms with van der Waals surface area (Å²) in [6.45, 7) is 0.239. The van der Waals surface area contributed by atoms with Crippen LogP contribution in [-0.2, 0) is 0 Å². The number of hydrogen-bond acceptors (Lipinski definition) is 4. The summed E-state index contributed by atoms with van der Waals surface area (Å²) in [6, 6.07) is 13.1. The van der Waals surface area contributed by atoms with E-state index in [1.54, 1.807) is 6.08 Å². The Bertz CT molecular complexity index is 896. The molecule has 0 amide bonds. The summed E-state index contributed by atoms with van der Waals surface area (Å²) < 4.78 is 12.1. The molecule has 2 heterocycles. The average Bonchev–Trinajstić information content (AvgIpc) is 3.18. The van der Waals surface area contributed by atoms with Crippen LogP contribution < -0.4 is 9.47 Å². The predicted octanol–water partition coefficient (Wildman–Crippen LogP) is 3.12. The Hall–Kier alpha value is -3.08. The van der Waals surface area contributed by atoms with Crippen molar-refractivity contribution < 1.29 is 14.3 Å². The first-order valence-electron chi connectivity index (χ1n) is 6.85. The number of nitrogens with zero attached hydrogens (tertiary/aromatic N) is 2. The second-order valence-electron chi connectivity index (χ2n) is 4.89. The topological polar surface area (TPSA) is 53.4 Å². The maximum absolute atomic E-state index is 12.3. The van der Waals surface area contributed by atoms with Gasteiger partial charge in [0.05, 0.1) is 11.0 Å². The molecule has 0 radical (unpaired) electrons. The molecule has 22 heavy (non-hydrogen) atoms. The molecule has 3 aromatic rings. The van der Waals surface area contributed by atoms with Gasteiger partial charge < -0.3 is 9.47 Å². The Kier molecular flexibility index (Phi) is 2.89. The average molecular weight is 292 g/mol. The first-order chi connectivity index (χ1) is 10.8. The molecule has 4 rings (SSSR count). The molecular weight excluding hydrogens is 280 g/mol. The fourth-order valence-electron chi connectivity index (χ4n) is 2.40. The van der Waals surface area contributed by atoms with Crippen LogP contribution >= 0.6 is 0 Å². The van der Waals surface area contributed by atoms with Crippen LogP contribution in [0.2, 0.25) is 0 Å². The SMILES string of the molecule is O=C(/C=C/c1ccc2c(c1)OCO2)n1cnc2ccccc21. The van der Waals surface area contributed by atoms with Crippen molar-refractivity contribution in [1.29, 1.82) is 0 Å². The second-order valence-corrected chi connectivity index (χ2v) is 4.89. The number of para-hydroxylation sites is 2. The fraction of sp³-hybridized carbons (Fsp3) is 0.0588. The molecule has 0 fully saturated rings. The lowest BCUT2D eigenvalue weighted by Crippen LogP contribution is -2.05. The molecule has 0 aliphatic carbocycles. The highest BCUT2D eigenvalue weighted by Crippen LogP contribution is 2.32. The van der Waals surface area contributed by atoms with E-state index in [4.69, 9.17) is 9.47 Å². The normalized spacial score (nSPS) is 13.1. The van der Waals surface area contributed by atoms with Gasteiger partial charge >= 0.3 is 0 Å². The van der Waals surface area contributed by atoms with Gasteiger partial charge in [0.15, 0.2) is 11.5 Å². The third kappa shape index (κ3) is 2.13. The minimum atomic E-state index is -0.147. The molecule has 1 aliphatic rings. The lowest BCUT2D eigenvalue weighted by molar-refractivity contribution is 0.0974. The van der Waals surface area contributed by atoms with Gasteiger partial charge in [0.2, 0.25) is 6.79 Å². The van der Waals surface area contributed by atoms with Crippen LogP contribution in [0.25, 0.3) is 17.1 Å². The number of benzene rings is 2. The number of carbonyl (C=O) groups excluding carboxylic acids is 1. The van der Waals surface area contributed by atoms with Gasteiger partial charge in [-0.3, -0.25) is 9.36 Å². The van der Waals surface area contributed by atoms with E-state index >= 15 is 0 Å². The predicted molar refractivity (Wildman–Crippen MR) is 82.0 cm³/mol. The fourth-order valence-corrected chi connectivity index (χ4v) is 2.40. The van der Waals surface area contributed by atoms with E-state index in [2.05, 4.69) is 4.98 Å². The molecule has 0 saturated carbocycles. The monoisotopic (exact) mass is 292 g/mol. The lowest BCUT2D eigenvalue weighted by Gasteiger charge is -1.99. The number of rotatable bonds is 2. The van der Waals surface area contributed by atoms with Gasteiger partial charge in [-0.2, -0.15) is 0 Å². The van der Waals surface area contributed by atoms with Crippen LogP contribution in [0.4, 0.5) is 0 Å². The van der Waals surface area contributed by atoms with E-state index in [9.17, 15) is 4.79 Å². The molecule has 1 aliphatic heterocycles. The zero-order valence-corrected chi connectivity index (χ0v) is 11.6. The maximum Gasteiger partial charge on any atom is 0.256 e. The number of allylic oxidation sites excluding steroid dienone is 1. The Morgan fingerprint density at radius 2 is 2.00 bits per heavy atom. The number of hydrogen-bond donors (Lipinski definition) is 0. The molecule has 2 aromatic carbocycles. The van der Waals surface area contributed by atoms with Gasteiger partial charge in [-0.25, -0.2) is 4.98 Å². The summed E-state index contributed by atoms with van der Waals surface area (Å²) >= 11 is 0. The lowest BCUT2D eigenvalue weighted by atomic mass is 10.2. The van der Waals surface area contributed by atoms with Crippen LogP contribution in [0.15, 0.2) is 54.9 Å². The summed E-state index contributed by atoms with van der Waals surface area (Å²) in [5.74, 6) is 1.28. The van der Waals surface area contributed by atoms with Crippen molar-refractivity contribution in [3.8, 4) is 11.5 Å². The molecule has 0 bridgehead atoms. The van der Waals surface area contributed by atoms with Crippen LogP contribution in [0.1, 0.15) is 10.4 Å². The first kappa shape index (κ1) is 12.6. The summed E-state index contributed by atoms with van der Waals surface area (Å²) in [6.07, 6.45) is 4.81. The van der Waals surface area contributed by atoms with Crippen LogP contribution in [0.5, 0.6) is 11.5 Å². The molecule has 0 atom stereocenters. The van der Waals surface area contributed by atoms with Crippen LogP contribution in [-0.4, -0.2) is 22.3 Å². The highest BCUT2D eigenvalue weighted by atomic mass is 16.7. The van der Waals surface area contributed by atoms with Crippen LogP contribution in [0.3, 0.4) is 0 Å². The Balaban J connectivity index is 1.61. The minimum Gasteiger partial charge on any atom is -0.454 e. The van der Waals surface area contributed by atoms with Gasteiger partial charge in [-0.05, 0) is 35.9 Å². The molecule has 5 nitrogen and oxygen atoms in total. The largest absolute Gasteiger partial charge is 0.454 e. The molecule has 0 spiro atoms. The Morgan fingerprint density at radius 3 is 2.95 bits per heavy atom. The van der Waals surface area contributed by atoms with Gasteiger partial charge in [0.1, 0.15) is 6.33 Å². The van der Waals surface area contributed by atoms with Gasteiger partial charge in [0, 0.05) is 6.08 Å². The number of imidazole rings is 1. The molecular formula is C17H12N2O3. The van der Waals surface area contributed by atoms with E-state index in [-0.39, 0.29) is 12.7 Å². The Labute approximate surface area is 126 Å². The molecule has 1 aromatic heterocycles. The van der Waals surface area contributed by atoms with E-state index in [0.29, 0.717) is 5.75 Å². The number of ether oxygens (including phenoxy) is 2. The molecule has 5 heteroatoms. The highest BCUT2D eigenvalue weighted by Gasteiger charge is 2.12. The van der Waals surface area contributed by atoms with Crippen LogP contribution in [0, 0.1) is 0 Å². The smallest absolute Gasteiger partial charge is 0.256 e. The molecule has 108 valence electrons. The molecule has 0 saturated heterocycles. The van der Waals surface area contributed by atoms with E-state index in [1.807, 2.05) is 42.5 Å².